The Bertz CT molecular complexity index is 391. The van der Waals surface area contributed by atoms with Gasteiger partial charge in [-0.1, -0.05) is 0 Å². The van der Waals surface area contributed by atoms with Crippen molar-refractivity contribution in [2.45, 2.75) is 13.8 Å². The third-order valence-corrected chi connectivity index (χ3v) is 3.25. The Hall–Kier alpha value is -0.550. The summed E-state index contributed by atoms with van der Waals surface area (Å²) in [6.07, 6.45) is 0. The van der Waals surface area contributed by atoms with Gasteiger partial charge in [0.25, 0.3) is 0 Å². The molecule has 0 bridgehead atoms. The second-order valence-electron chi connectivity index (χ2n) is 2.81. The largest absolute Gasteiger partial charge is 0.424 e. The van der Waals surface area contributed by atoms with E-state index < -0.39 is 0 Å². The Morgan fingerprint density at radius 2 is 2.07 bits per heavy atom. The van der Waals surface area contributed by atoms with Crippen molar-refractivity contribution in [1.82, 2.24) is 0 Å². The van der Waals surface area contributed by atoms with Crippen molar-refractivity contribution in [2.75, 3.05) is 5.73 Å². The number of esters is 1. The van der Waals surface area contributed by atoms with Gasteiger partial charge in [0, 0.05) is 12.6 Å². The first-order chi connectivity index (χ1) is 6.43. The predicted octanol–water partition coefficient (Wildman–Crippen LogP) is 3.03. The number of carbonyl (C=O) groups excluding carboxylic acids is 1. The smallest absolute Gasteiger partial charge is 0.308 e. The van der Waals surface area contributed by atoms with Gasteiger partial charge >= 0.3 is 5.97 Å². The minimum Gasteiger partial charge on any atom is -0.424 e. The number of anilines is 1. The van der Waals surface area contributed by atoms with Crippen LogP contribution in [0.15, 0.2) is 15.0 Å². The Balaban J connectivity index is 3.29. The molecule has 0 saturated heterocycles. The first kappa shape index (κ1) is 11.5. The maximum atomic E-state index is 10.8. The van der Waals surface area contributed by atoms with E-state index in [-0.39, 0.29) is 5.97 Å². The molecule has 0 saturated carbocycles. The molecular weight excluding hydrogens is 314 g/mol. The van der Waals surface area contributed by atoms with Crippen LogP contribution in [0.25, 0.3) is 0 Å². The van der Waals surface area contributed by atoms with E-state index in [4.69, 9.17) is 10.5 Å². The standard InChI is InChI=1S/C9H9Br2NO2/c1-4-7(12)3-6(10)9(8(4)11)14-5(2)13/h3H,12H2,1-2H3. The highest BCUT2D eigenvalue weighted by atomic mass is 79.9. The third-order valence-electron chi connectivity index (χ3n) is 1.71. The van der Waals surface area contributed by atoms with Crippen molar-refractivity contribution in [1.29, 1.82) is 0 Å². The normalized spacial score (nSPS) is 10.0. The fraction of sp³-hybridized carbons (Fsp3) is 0.222. The van der Waals surface area contributed by atoms with E-state index in [2.05, 4.69) is 31.9 Å². The summed E-state index contributed by atoms with van der Waals surface area (Å²) in [5, 5.41) is 0. The van der Waals surface area contributed by atoms with Gasteiger partial charge in [0.1, 0.15) is 0 Å². The van der Waals surface area contributed by atoms with Crippen molar-refractivity contribution >= 4 is 43.5 Å². The highest BCUT2D eigenvalue weighted by molar-refractivity contribution is 9.11. The lowest BCUT2D eigenvalue weighted by atomic mass is 10.2. The third kappa shape index (κ3) is 2.27. The number of hydrogen-bond acceptors (Lipinski definition) is 3. The molecule has 1 rings (SSSR count). The Morgan fingerprint density at radius 1 is 1.50 bits per heavy atom. The summed E-state index contributed by atoms with van der Waals surface area (Å²) in [6, 6.07) is 1.71. The van der Waals surface area contributed by atoms with Gasteiger partial charge in [0.2, 0.25) is 0 Å². The van der Waals surface area contributed by atoms with E-state index in [0.29, 0.717) is 20.4 Å². The van der Waals surface area contributed by atoms with Gasteiger partial charge in [-0.15, -0.1) is 0 Å². The molecule has 0 aliphatic carbocycles. The molecule has 0 unspecified atom stereocenters. The SMILES string of the molecule is CC(=O)Oc1c(Br)cc(N)c(C)c1Br. The number of halogens is 2. The minimum absolute atomic E-state index is 0.365. The first-order valence-electron chi connectivity index (χ1n) is 3.86. The lowest BCUT2D eigenvalue weighted by molar-refractivity contribution is -0.131. The summed E-state index contributed by atoms with van der Waals surface area (Å²) in [7, 11) is 0. The molecule has 3 nitrogen and oxygen atoms in total. The molecule has 2 N–H and O–H groups in total. The average molecular weight is 323 g/mol. The molecule has 0 atom stereocenters. The molecule has 0 spiro atoms. The van der Waals surface area contributed by atoms with E-state index in [1.54, 1.807) is 6.07 Å². The fourth-order valence-corrected chi connectivity index (χ4v) is 2.26. The first-order valence-corrected chi connectivity index (χ1v) is 5.44. The molecule has 0 aliphatic heterocycles. The van der Waals surface area contributed by atoms with E-state index in [1.807, 2.05) is 6.92 Å². The van der Waals surface area contributed by atoms with Crippen molar-refractivity contribution in [3.8, 4) is 5.75 Å². The van der Waals surface area contributed by atoms with E-state index in [9.17, 15) is 4.79 Å². The summed E-state index contributed by atoms with van der Waals surface area (Å²) in [4.78, 5) is 10.8. The molecule has 14 heavy (non-hydrogen) atoms. The predicted molar refractivity (Wildman–Crippen MR) is 62.3 cm³/mol. The second kappa shape index (κ2) is 4.31. The Kier molecular flexibility index (Phi) is 3.55. The van der Waals surface area contributed by atoms with Crippen LogP contribution in [0.4, 0.5) is 5.69 Å². The van der Waals surface area contributed by atoms with Gasteiger partial charge < -0.3 is 10.5 Å². The second-order valence-corrected chi connectivity index (χ2v) is 4.46. The molecule has 5 heteroatoms. The van der Waals surface area contributed by atoms with Crippen LogP contribution in [-0.2, 0) is 4.79 Å². The van der Waals surface area contributed by atoms with Gasteiger partial charge in [0.15, 0.2) is 5.75 Å². The maximum absolute atomic E-state index is 10.8. The van der Waals surface area contributed by atoms with Crippen LogP contribution in [0.1, 0.15) is 12.5 Å². The number of hydrogen-bond donors (Lipinski definition) is 1. The number of nitrogen functional groups attached to an aromatic ring is 1. The lowest BCUT2D eigenvalue weighted by Crippen LogP contribution is -2.04. The number of carbonyl (C=O) groups is 1. The zero-order chi connectivity index (χ0) is 10.9. The van der Waals surface area contributed by atoms with E-state index in [0.717, 1.165) is 5.56 Å². The van der Waals surface area contributed by atoms with Crippen LogP contribution < -0.4 is 10.5 Å². The van der Waals surface area contributed by atoms with Gasteiger partial charge in [-0.05, 0) is 50.4 Å². The van der Waals surface area contributed by atoms with Gasteiger partial charge in [-0.3, -0.25) is 4.79 Å². The van der Waals surface area contributed by atoms with Gasteiger partial charge in [0.05, 0.1) is 8.95 Å². The average Bonchev–Trinajstić information content (AvgIpc) is 2.09. The number of nitrogens with two attached hydrogens (primary N) is 1. The fourth-order valence-electron chi connectivity index (χ4n) is 0.949. The molecule has 1 aromatic carbocycles. The molecule has 0 heterocycles. The van der Waals surface area contributed by atoms with Crippen LogP contribution in [-0.4, -0.2) is 5.97 Å². The zero-order valence-corrected chi connectivity index (χ0v) is 10.9. The maximum Gasteiger partial charge on any atom is 0.308 e. The summed E-state index contributed by atoms with van der Waals surface area (Å²) in [5.74, 6) is 0.0970. The van der Waals surface area contributed by atoms with Crippen molar-refractivity contribution in [3.63, 3.8) is 0 Å². The number of ether oxygens (including phenoxy) is 1. The van der Waals surface area contributed by atoms with Crippen LogP contribution >= 0.6 is 31.9 Å². The molecule has 76 valence electrons. The Labute approximate surface area is 98.9 Å². The Morgan fingerprint density at radius 3 is 2.57 bits per heavy atom. The molecule has 0 aliphatic rings. The van der Waals surface area contributed by atoms with Crippen LogP contribution in [0.5, 0.6) is 5.75 Å². The van der Waals surface area contributed by atoms with Crippen molar-refractivity contribution in [2.24, 2.45) is 0 Å². The van der Waals surface area contributed by atoms with Gasteiger partial charge in [-0.25, -0.2) is 0 Å². The molecule has 1 aromatic rings. The van der Waals surface area contributed by atoms with Crippen LogP contribution in [0.3, 0.4) is 0 Å². The molecule has 0 aromatic heterocycles. The minimum atomic E-state index is -0.365. The topological polar surface area (TPSA) is 52.3 Å². The van der Waals surface area contributed by atoms with E-state index >= 15 is 0 Å². The zero-order valence-electron chi connectivity index (χ0n) is 7.73. The molecule has 0 fully saturated rings. The highest BCUT2D eigenvalue weighted by Gasteiger charge is 2.13. The molecule has 0 amide bonds. The molecule has 0 radical (unpaired) electrons. The lowest BCUT2D eigenvalue weighted by Gasteiger charge is -2.11. The quantitative estimate of drug-likeness (QED) is 0.491. The monoisotopic (exact) mass is 321 g/mol. The number of rotatable bonds is 1. The summed E-state index contributed by atoms with van der Waals surface area (Å²) in [6.45, 7) is 3.20. The highest BCUT2D eigenvalue weighted by Crippen LogP contribution is 2.38. The van der Waals surface area contributed by atoms with Gasteiger partial charge in [-0.2, -0.15) is 0 Å². The summed E-state index contributed by atoms with van der Waals surface area (Å²) in [5.41, 5.74) is 7.21. The van der Waals surface area contributed by atoms with Crippen LogP contribution in [0, 0.1) is 6.92 Å². The summed E-state index contributed by atoms with van der Waals surface area (Å²) < 4.78 is 6.37. The number of benzene rings is 1. The summed E-state index contributed by atoms with van der Waals surface area (Å²) >= 11 is 6.60. The van der Waals surface area contributed by atoms with Crippen molar-refractivity contribution in [3.05, 3.63) is 20.6 Å². The molecular formula is C9H9Br2NO2. The van der Waals surface area contributed by atoms with E-state index in [1.165, 1.54) is 6.92 Å². The van der Waals surface area contributed by atoms with Crippen molar-refractivity contribution < 1.29 is 9.53 Å². The van der Waals surface area contributed by atoms with Crippen LogP contribution in [0.2, 0.25) is 0 Å².